The second-order valence-electron chi connectivity index (χ2n) is 4.02. The Balaban J connectivity index is 2.27. The topological polar surface area (TPSA) is 52.4 Å². The van der Waals surface area contributed by atoms with Crippen LogP contribution >= 0.6 is 43.5 Å². The average Bonchev–Trinajstić information content (AvgIpc) is 2.41. The summed E-state index contributed by atoms with van der Waals surface area (Å²) in [7, 11) is 0. The summed E-state index contributed by atoms with van der Waals surface area (Å²) in [6, 6.07) is 7.19. The molecule has 0 saturated carbocycles. The lowest BCUT2D eigenvalue weighted by Gasteiger charge is -2.09. The van der Waals surface area contributed by atoms with Crippen LogP contribution in [0.4, 0.5) is 10.1 Å². The summed E-state index contributed by atoms with van der Waals surface area (Å²) < 4.78 is 19.6. The summed E-state index contributed by atoms with van der Waals surface area (Å²) in [4.78, 5) is 10.3. The monoisotopic (exact) mass is 437 g/mol. The summed E-state index contributed by atoms with van der Waals surface area (Å²) >= 11 is 12.2. The average molecular weight is 439 g/mol. The standard InChI is InChI=1S/C13H7Br2ClFNO3/c14-8-2-1-7(10(16)3-8)6-21-13-5-11(17)9(15)4-12(13)18(19)20/h1-5H,6H2. The van der Waals surface area contributed by atoms with Crippen LogP contribution in [-0.4, -0.2) is 4.92 Å². The maximum atomic E-state index is 13.5. The van der Waals surface area contributed by atoms with Gasteiger partial charge in [0.15, 0.2) is 5.75 Å². The molecule has 0 unspecified atom stereocenters. The Hall–Kier alpha value is -1.18. The van der Waals surface area contributed by atoms with Crippen LogP contribution in [0.25, 0.3) is 0 Å². The number of rotatable bonds is 4. The van der Waals surface area contributed by atoms with Gasteiger partial charge in [0, 0.05) is 27.2 Å². The molecule has 0 spiro atoms. The van der Waals surface area contributed by atoms with Crippen LogP contribution in [0.5, 0.6) is 5.75 Å². The SMILES string of the molecule is O=[N+]([O-])c1cc(Br)c(F)cc1OCc1ccc(Br)cc1Cl. The molecule has 0 radical (unpaired) electrons. The van der Waals surface area contributed by atoms with Crippen molar-refractivity contribution in [1.29, 1.82) is 0 Å². The highest BCUT2D eigenvalue weighted by Gasteiger charge is 2.19. The van der Waals surface area contributed by atoms with E-state index in [-0.39, 0.29) is 22.5 Å². The molecule has 0 amide bonds. The number of benzene rings is 2. The predicted molar refractivity (Wildman–Crippen MR) is 84.2 cm³/mol. The molecule has 2 aromatic rings. The summed E-state index contributed by atoms with van der Waals surface area (Å²) in [5.74, 6) is -0.794. The number of hydrogen-bond donors (Lipinski definition) is 0. The zero-order valence-electron chi connectivity index (χ0n) is 10.3. The lowest BCUT2D eigenvalue weighted by atomic mass is 10.2. The van der Waals surface area contributed by atoms with Gasteiger partial charge < -0.3 is 4.74 Å². The van der Waals surface area contributed by atoms with Crippen molar-refractivity contribution >= 4 is 49.1 Å². The highest BCUT2D eigenvalue weighted by atomic mass is 79.9. The third kappa shape index (κ3) is 3.93. The van der Waals surface area contributed by atoms with Crippen LogP contribution in [0.1, 0.15) is 5.56 Å². The Morgan fingerprint density at radius 1 is 1.29 bits per heavy atom. The molecule has 21 heavy (non-hydrogen) atoms. The number of nitro benzene ring substituents is 1. The van der Waals surface area contributed by atoms with E-state index in [2.05, 4.69) is 31.9 Å². The van der Waals surface area contributed by atoms with Crippen molar-refractivity contribution in [3.05, 3.63) is 65.8 Å². The van der Waals surface area contributed by atoms with Crippen molar-refractivity contribution in [2.75, 3.05) is 0 Å². The van der Waals surface area contributed by atoms with Gasteiger partial charge in [-0.1, -0.05) is 33.6 Å². The second kappa shape index (κ2) is 6.72. The fourth-order valence-electron chi connectivity index (χ4n) is 1.57. The molecule has 2 rings (SSSR count). The summed E-state index contributed by atoms with van der Waals surface area (Å²) in [5, 5.41) is 11.4. The van der Waals surface area contributed by atoms with Crippen LogP contribution in [-0.2, 0) is 6.61 Å². The van der Waals surface area contributed by atoms with Gasteiger partial charge >= 0.3 is 5.69 Å². The third-order valence-electron chi connectivity index (χ3n) is 2.60. The second-order valence-corrected chi connectivity index (χ2v) is 6.19. The van der Waals surface area contributed by atoms with Crippen molar-refractivity contribution in [2.24, 2.45) is 0 Å². The van der Waals surface area contributed by atoms with E-state index < -0.39 is 10.7 Å². The molecule has 4 nitrogen and oxygen atoms in total. The molecule has 110 valence electrons. The molecular weight excluding hydrogens is 432 g/mol. The van der Waals surface area contributed by atoms with E-state index in [0.717, 1.165) is 16.6 Å². The molecule has 2 aromatic carbocycles. The highest BCUT2D eigenvalue weighted by molar-refractivity contribution is 9.10. The lowest BCUT2D eigenvalue weighted by molar-refractivity contribution is -0.386. The molecule has 0 aliphatic rings. The van der Waals surface area contributed by atoms with E-state index in [4.69, 9.17) is 16.3 Å². The van der Waals surface area contributed by atoms with E-state index >= 15 is 0 Å². The number of ether oxygens (including phenoxy) is 1. The molecule has 0 aliphatic heterocycles. The van der Waals surface area contributed by atoms with Crippen LogP contribution in [0.2, 0.25) is 5.02 Å². The zero-order valence-corrected chi connectivity index (χ0v) is 14.2. The first-order chi connectivity index (χ1) is 9.88. The van der Waals surface area contributed by atoms with E-state index in [0.29, 0.717) is 10.6 Å². The first kappa shape index (κ1) is 16.2. The normalized spacial score (nSPS) is 10.5. The molecule has 0 aliphatic carbocycles. The molecule has 0 N–H and O–H groups in total. The van der Waals surface area contributed by atoms with Gasteiger partial charge in [-0.3, -0.25) is 10.1 Å². The van der Waals surface area contributed by atoms with Gasteiger partial charge in [-0.05, 0) is 28.1 Å². The Kier molecular flexibility index (Phi) is 5.18. The molecular formula is C13H7Br2ClFNO3. The van der Waals surface area contributed by atoms with Crippen molar-refractivity contribution in [1.82, 2.24) is 0 Å². The van der Waals surface area contributed by atoms with Crippen LogP contribution in [0, 0.1) is 15.9 Å². The van der Waals surface area contributed by atoms with Crippen molar-refractivity contribution in [3.8, 4) is 5.75 Å². The number of nitrogens with zero attached hydrogens (tertiary/aromatic N) is 1. The largest absolute Gasteiger partial charge is 0.482 e. The molecule has 0 fully saturated rings. The minimum Gasteiger partial charge on any atom is -0.482 e. The predicted octanol–water partition coefficient (Wildman–Crippen LogP) is 5.49. The fraction of sp³-hybridized carbons (Fsp3) is 0.0769. The first-order valence-electron chi connectivity index (χ1n) is 5.58. The summed E-state index contributed by atoms with van der Waals surface area (Å²) in [6.45, 7) is -0.00593. The van der Waals surface area contributed by atoms with Crippen molar-refractivity contribution in [2.45, 2.75) is 6.61 Å². The Morgan fingerprint density at radius 2 is 2.00 bits per heavy atom. The minimum absolute atomic E-state index is 0.00299. The van der Waals surface area contributed by atoms with Gasteiger partial charge in [-0.25, -0.2) is 4.39 Å². The van der Waals surface area contributed by atoms with Crippen LogP contribution < -0.4 is 4.74 Å². The number of halogens is 4. The maximum absolute atomic E-state index is 13.5. The van der Waals surface area contributed by atoms with E-state index in [1.807, 2.05) is 0 Å². The van der Waals surface area contributed by atoms with Gasteiger partial charge in [0.05, 0.1) is 9.40 Å². The minimum atomic E-state index is -0.641. The van der Waals surface area contributed by atoms with Crippen LogP contribution in [0.3, 0.4) is 0 Å². The Bertz CT molecular complexity index is 712. The molecule has 0 aromatic heterocycles. The van der Waals surface area contributed by atoms with Crippen molar-refractivity contribution in [3.63, 3.8) is 0 Å². The zero-order chi connectivity index (χ0) is 15.6. The van der Waals surface area contributed by atoms with E-state index in [1.54, 1.807) is 18.2 Å². The number of hydrogen-bond acceptors (Lipinski definition) is 3. The van der Waals surface area contributed by atoms with E-state index in [1.165, 1.54) is 0 Å². The lowest BCUT2D eigenvalue weighted by Crippen LogP contribution is -2.00. The fourth-order valence-corrected chi connectivity index (χ4v) is 2.63. The van der Waals surface area contributed by atoms with Gasteiger partial charge in [0.1, 0.15) is 12.4 Å². The summed E-state index contributed by atoms with van der Waals surface area (Å²) in [5.41, 5.74) is 0.314. The molecule has 0 atom stereocenters. The quantitative estimate of drug-likeness (QED) is 0.468. The Morgan fingerprint density at radius 3 is 2.62 bits per heavy atom. The summed E-state index contributed by atoms with van der Waals surface area (Å²) in [6.07, 6.45) is 0. The number of nitro groups is 1. The van der Waals surface area contributed by atoms with Gasteiger partial charge in [-0.2, -0.15) is 0 Å². The Labute approximate surface area is 141 Å². The van der Waals surface area contributed by atoms with E-state index in [9.17, 15) is 14.5 Å². The first-order valence-corrected chi connectivity index (χ1v) is 7.55. The molecule has 0 saturated heterocycles. The van der Waals surface area contributed by atoms with Gasteiger partial charge in [0.2, 0.25) is 0 Å². The molecule has 0 heterocycles. The highest BCUT2D eigenvalue weighted by Crippen LogP contribution is 2.33. The van der Waals surface area contributed by atoms with Gasteiger partial charge in [-0.15, -0.1) is 0 Å². The molecule has 0 bridgehead atoms. The third-order valence-corrected chi connectivity index (χ3v) is 4.05. The van der Waals surface area contributed by atoms with Crippen LogP contribution in [0.15, 0.2) is 39.3 Å². The molecule has 8 heteroatoms. The van der Waals surface area contributed by atoms with Gasteiger partial charge in [0.25, 0.3) is 0 Å². The maximum Gasteiger partial charge on any atom is 0.312 e. The van der Waals surface area contributed by atoms with Crippen molar-refractivity contribution < 1.29 is 14.1 Å². The smallest absolute Gasteiger partial charge is 0.312 e.